The number of allylic oxidation sites excluding steroid dienone is 4. The first-order valence-corrected chi connectivity index (χ1v) is 11.9. The van der Waals surface area contributed by atoms with Crippen molar-refractivity contribution in [2.24, 2.45) is 11.8 Å². The van der Waals surface area contributed by atoms with Gasteiger partial charge in [-0.15, -0.1) is 11.3 Å². The largest absolute Gasteiger partial charge is 0.412 e. The number of aryl methyl sites for hydroxylation is 1. The number of hydrogen-bond donors (Lipinski definition) is 3. The Morgan fingerprint density at radius 3 is 2.41 bits per heavy atom. The van der Waals surface area contributed by atoms with Gasteiger partial charge in [-0.2, -0.15) is 0 Å². The zero-order valence-electron chi connectivity index (χ0n) is 19.0. The van der Waals surface area contributed by atoms with E-state index in [2.05, 4.69) is 4.98 Å². The maximum atomic E-state index is 11.1. The third kappa shape index (κ3) is 9.85. The molecule has 1 aromatic heterocycles. The fourth-order valence-electron chi connectivity index (χ4n) is 3.01. The van der Waals surface area contributed by atoms with E-state index in [0.29, 0.717) is 23.8 Å². The molecule has 1 saturated heterocycles. The maximum Gasteiger partial charge on any atom is 0.177 e. The quantitative estimate of drug-likeness (QED) is 0.332. The predicted molar refractivity (Wildman–Crippen MR) is 130 cm³/mol. The van der Waals surface area contributed by atoms with E-state index in [9.17, 15) is 9.59 Å². The highest BCUT2D eigenvalue weighted by Gasteiger charge is 2.44. The van der Waals surface area contributed by atoms with E-state index in [1.807, 2.05) is 32.9 Å². The minimum atomic E-state index is -0.176. The lowest BCUT2D eigenvalue weighted by Gasteiger charge is -2.04. The first-order valence-electron chi connectivity index (χ1n) is 10.3. The molecule has 1 saturated carbocycles. The van der Waals surface area contributed by atoms with Gasteiger partial charge in [0.2, 0.25) is 0 Å². The molecule has 0 bridgehead atoms. The van der Waals surface area contributed by atoms with Crippen LogP contribution in [0.25, 0.3) is 0 Å². The molecule has 1 aromatic rings. The summed E-state index contributed by atoms with van der Waals surface area (Å²) in [5.74, 6) is 0.454. The van der Waals surface area contributed by atoms with Crippen LogP contribution in [0.1, 0.15) is 54.7 Å². The topological polar surface area (TPSA) is 152 Å². The third-order valence-corrected chi connectivity index (χ3v) is 6.14. The average Bonchev–Trinajstić information content (AvgIpc) is 3.25. The van der Waals surface area contributed by atoms with E-state index < -0.39 is 0 Å². The van der Waals surface area contributed by atoms with Crippen LogP contribution in [-0.4, -0.2) is 57.2 Å². The normalized spacial score (nSPS) is 22.2. The standard InChI is InChI=1S/C11H13NO2S.C5H5NOS.C4H8O2.C2H6.H2O/c1-6(13)11(12)7-3-2-4-10(15-14)9-5-8(7)9;1-4-6-2-5(3-7)8-4;5-4-1-2-6-3-4;1-2;/h3-4,8-9,12,14H,2,5H2,1H3;2-3H,1H3;4-5H,1-3H2;1-2H3;1H2. The van der Waals surface area contributed by atoms with Crippen molar-refractivity contribution in [2.75, 3.05) is 13.2 Å². The second-order valence-electron chi connectivity index (χ2n) is 6.89. The number of hydrogen-bond acceptors (Lipinski definition) is 9. The number of ketones is 1. The van der Waals surface area contributed by atoms with Crippen LogP contribution in [0, 0.1) is 24.2 Å². The third-order valence-electron chi connectivity index (χ3n) is 4.62. The number of aliphatic hydroxyl groups excluding tert-OH is 1. The van der Waals surface area contributed by atoms with Crippen LogP contribution >= 0.6 is 23.4 Å². The van der Waals surface area contributed by atoms with E-state index in [4.69, 9.17) is 19.8 Å². The van der Waals surface area contributed by atoms with Gasteiger partial charge in [-0.3, -0.25) is 15.0 Å². The molecular weight excluding hydrogens is 452 g/mol. The highest BCUT2D eigenvalue weighted by atomic mass is 32.2. The van der Waals surface area contributed by atoms with E-state index in [0.717, 1.165) is 53.3 Å². The molecule has 2 aliphatic carbocycles. The number of carbonyl (C=O) groups excluding carboxylic acids is 2. The summed E-state index contributed by atoms with van der Waals surface area (Å²) >= 11 is 2.21. The van der Waals surface area contributed by atoms with Gasteiger partial charge < -0.3 is 19.9 Å². The Morgan fingerprint density at radius 2 is 2.03 bits per heavy atom. The van der Waals surface area contributed by atoms with E-state index >= 15 is 0 Å². The maximum absolute atomic E-state index is 11.1. The molecule has 2 fully saturated rings. The van der Waals surface area contributed by atoms with Gasteiger partial charge in [0.1, 0.15) is 0 Å². The minimum absolute atomic E-state index is 0. The summed E-state index contributed by atoms with van der Waals surface area (Å²) in [7, 11) is 0. The number of aromatic nitrogens is 1. The van der Waals surface area contributed by atoms with Crippen LogP contribution in [0.2, 0.25) is 0 Å². The highest BCUT2D eigenvalue weighted by molar-refractivity contribution is 7.97. The van der Waals surface area contributed by atoms with Crippen molar-refractivity contribution in [2.45, 2.75) is 53.1 Å². The molecular formula is C22H34N2O6S2. The Kier molecular flexibility index (Phi) is 15.2. The van der Waals surface area contributed by atoms with Crippen LogP contribution in [0.5, 0.6) is 0 Å². The molecule has 180 valence electrons. The average molecular weight is 487 g/mol. The van der Waals surface area contributed by atoms with Crippen LogP contribution in [0.15, 0.2) is 28.8 Å². The second-order valence-corrected chi connectivity index (χ2v) is 8.81. The molecule has 3 unspecified atom stereocenters. The van der Waals surface area contributed by atoms with Crippen molar-refractivity contribution in [3.8, 4) is 0 Å². The zero-order chi connectivity index (χ0) is 23.4. The molecule has 0 radical (unpaired) electrons. The number of thiazole rings is 1. The van der Waals surface area contributed by atoms with Gasteiger partial charge in [0.15, 0.2) is 12.1 Å². The summed E-state index contributed by atoms with van der Waals surface area (Å²) in [4.78, 5) is 26.7. The Hall–Kier alpha value is -1.69. The van der Waals surface area contributed by atoms with Crippen molar-refractivity contribution in [3.63, 3.8) is 0 Å². The van der Waals surface area contributed by atoms with Gasteiger partial charge in [0.05, 0.1) is 28.3 Å². The Labute approximate surface area is 197 Å². The number of rotatable bonds is 4. The molecule has 2 heterocycles. The zero-order valence-corrected chi connectivity index (χ0v) is 20.6. The van der Waals surface area contributed by atoms with Crippen molar-refractivity contribution in [1.29, 1.82) is 5.41 Å². The van der Waals surface area contributed by atoms with E-state index in [1.54, 1.807) is 6.20 Å². The summed E-state index contributed by atoms with van der Waals surface area (Å²) < 4.78 is 13.9. The number of carbonyl (C=O) groups is 2. The Morgan fingerprint density at radius 1 is 1.34 bits per heavy atom. The molecule has 32 heavy (non-hydrogen) atoms. The van der Waals surface area contributed by atoms with Crippen LogP contribution in [-0.2, 0) is 9.53 Å². The fourth-order valence-corrected chi connectivity index (χ4v) is 4.17. The minimum Gasteiger partial charge on any atom is -0.412 e. The second kappa shape index (κ2) is 16.0. The highest BCUT2D eigenvalue weighted by Crippen LogP contribution is 2.53. The smallest absolute Gasteiger partial charge is 0.177 e. The first kappa shape index (κ1) is 30.3. The molecule has 3 atom stereocenters. The van der Waals surface area contributed by atoms with E-state index in [1.165, 1.54) is 18.3 Å². The lowest BCUT2D eigenvalue weighted by atomic mass is 10.0. The van der Waals surface area contributed by atoms with Gasteiger partial charge in [-0.25, -0.2) is 4.98 Å². The first-order chi connectivity index (χ1) is 14.9. The van der Waals surface area contributed by atoms with Crippen molar-refractivity contribution in [3.05, 3.63) is 38.7 Å². The molecule has 0 spiro atoms. The van der Waals surface area contributed by atoms with Crippen LogP contribution in [0.4, 0.5) is 0 Å². The molecule has 10 heteroatoms. The summed E-state index contributed by atoms with van der Waals surface area (Å²) in [5, 5.41) is 17.2. The number of aliphatic hydroxyl groups is 1. The Bertz CT molecular complexity index is 800. The van der Waals surface area contributed by atoms with Gasteiger partial charge in [-0.1, -0.05) is 26.0 Å². The number of ether oxygens (including phenoxy) is 1. The SMILES string of the molecule is CC.CC(=O)C(=N)C1=CCC=C(SO)C2CC12.Cc1ncc(C=O)s1.O.OC1CCOC1. The summed E-state index contributed by atoms with van der Waals surface area (Å²) in [6, 6.07) is 0. The molecule has 1 aliphatic heterocycles. The number of nitrogens with zero attached hydrogens (tertiary/aromatic N) is 1. The summed E-state index contributed by atoms with van der Waals surface area (Å²) in [6.45, 7) is 8.58. The molecule has 5 N–H and O–H groups in total. The van der Waals surface area contributed by atoms with Crippen molar-refractivity contribution < 1.29 is 29.5 Å². The number of Topliss-reactive ketones (excluding diaryl/α,β-unsaturated/α-hetero) is 1. The number of aldehydes is 1. The Balaban J connectivity index is 0.000000477. The monoisotopic (exact) mass is 486 g/mol. The van der Waals surface area contributed by atoms with Gasteiger partial charge >= 0.3 is 0 Å². The molecule has 3 aliphatic rings. The number of fused-ring (bicyclic) bond motifs is 1. The lowest BCUT2D eigenvalue weighted by molar-refractivity contribution is -0.111. The summed E-state index contributed by atoms with van der Waals surface area (Å²) in [5.41, 5.74) is 1.01. The lowest BCUT2D eigenvalue weighted by Crippen LogP contribution is -2.13. The van der Waals surface area contributed by atoms with Gasteiger partial charge in [0.25, 0.3) is 0 Å². The van der Waals surface area contributed by atoms with Crippen molar-refractivity contribution >= 4 is 41.2 Å². The van der Waals surface area contributed by atoms with E-state index in [-0.39, 0.29) is 29.0 Å². The van der Waals surface area contributed by atoms with Gasteiger partial charge in [0, 0.05) is 36.7 Å². The fraction of sp³-hybridized carbons (Fsp3) is 0.545. The number of nitrogens with one attached hydrogen (secondary N) is 1. The molecule has 0 aromatic carbocycles. The van der Waals surface area contributed by atoms with Crippen LogP contribution in [0.3, 0.4) is 0 Å². The molecule has 0 amide bonds. The molecule has 8 nitrogen and oxygen atoms in total. The summed E-state index contributed by atoms with van der Waals surface area (Å²) in [6.07, 6.45) is 8.62. The van der Waals surface area contributed by atoms with Crippen molar-refractivity contribution in [1.82, 2.24) is 4.98 Å². The predicted octanol–water partition coefficient (Wildman–Crippen LogP) is 3.88. The van der Waals surface area contributed by atoms with Gasteiger partial charge in [-0.05, 0) is 43.6 Å². The van der Waals surface area contributed by atoms with Crippen LogP contribution < -0.4 is 0 Å². The molecule has 4 rings (SSSR count).